The monoisotopic (exact) mass is 268 g/mol. The van der Waals surface area contributed by atoms with E-state index >= 15 is 0 Å². The second-order valence-electron chi connectivity index (χ2n) is 5.01. The van der Waals surface area contributed by atoms with Gasteiger partial charge in [0.1, 0.15) is 0 Å². The van der Waals surface area contributed by atoms with E-state index < -0.39 is 6.10 Å². The molecule has 0 saturated heterocycles. The first-order valence-corrected chi connectivity index (χ1v) is 6.68. The summed E-state index contributed by atoms with van der Waals surface area (Å²) in [4.78, 5) is 18.3. The third-order valence-corrected chi connectivity index (χ3v) is 3.70. The fourth-order valence-corrected chi connectivity index (χ4v) is 2.69. The highest BCUT2D eigenvalue weighted by Crippen LogP contribution is 2.36. The molecule has 1 unspecified atom stereocenters. The molecule has 2 heterocycles. The standard InChI is InChI=1S/C16H16N2O2/c1-11-3-2-4-13-14(19)7-10-18(15(11)13)16(20)12-5-8-17-9-6-12/h2-6,8-9,14,19H,7,10H2,1H3. The number of amides is 1. The molecule has 1 aromatic carbocycles. The number of aryl methyl sites for hydroxylation is 1. The molecule has 1 aliphatic rings. The van der Waals surface area contributed by atoms with E-state index in [2.05, 4.69) is 4.98 Å². The Morgan fingerprint density at radius 3 is 2.80 bits per heavy atom. The molecule has 4 nitrogen and oxygen atoms in total. The van der Waals surface area contributed by atoms with E-state index in [1.54, 1.807) is 29.4 Å². The van der Waals surface area contributed by atoms with Crippen LogP contribution < -0.4 is 4.90 Å². The number of aromatic nitrogens is 1. The number of carbonyl (C=O) groups excluding carboxylic acids is 1. The van der Waals surface area contributed by atoms with E-state index in [1.165, 1.54) is 0 Å². The number of hydrogen-bond donors (Lipinski definition) is 1. The first-order chi connectivity index (χ1) is 9.68. The Balaban J connectivity index is 2.05. The molecular formula is C16H16N2O2. The Kier molecular flexibility index (Phi) is 3.24. The lowest BCUT2D eigenvalue weighted by Gasteiger charge is -2.33. The molecule has 2 aromatic rings. The third-order valence-electron chi connectivity index (χ3n) is 3.70. The summed E-state index contributed by atoms with van der Waals surface area (Å²) in [5.74, 6) is -0.0464. The average Bonchev–Trinajstić information content (AvgIpc) is 2.49. The maximum Gasteiger partial charge on any atom is 0.258 e. The van der Waals surface area contributed by atoms with Gasteiger partial charge in [0, 0.05) is 30.1 Å². The summed E-state index contributed by atoms with van der Waals surface area (Å²) in [7, 11) is 0. The lowest BCUT2D eigenvalue weighted by atomic mass is 9.95. The number of carbonyl (C=O) groups is 1. The molecule has 1 aromatic heterocycles. The number of aliphatic hydroxyl groups is 1. The number of rotatable bonds is 1. The van der Waals surface area contributed by atoms with Crippen LogP contribution in [0.15, 0.2) is 42.7 Å². The molecule has 0 spiro atoms. The van der Waals surface area contributed by atoms with E-state index in [1.807, 2.05) is 25.1 Å². The first-order valence-electron chi connectivity index (χ1n) is 6.68. The van der Waals surface area contributed by atoms with E-state index in [9.17, 15) is 9.90 Å². The van der Waals surface area contributed by atoms with Crippen LogP contribution in [0.4, 0.5) is 5.69 Å². The normalized spacial score (nSPS) is 17.7. The van der Waals surface area contributed by atoms with Crippen LogP contribution in [0.1, 0.15) is 34.0 Å². The third kappa shape index (κ3) is 2.08. The van der Waals surface area contributed by atoms with Crippen LogP contribution in [0.25, 0.3) is 0 Å². The van der Waals surface area contributed by atoms with Crippen molar-refractivity contribution in [1.29, 1.82) is 0 Å². The van der Waals surface area contributed by atoms with Gasteiger partial charge in [-0.2, -0.15) is 0 Å². The molecule has 1 atom stereocenters. The van der Waals surface area contributed by atoms with Crippen LogP contribution in [0.2, 0.25) is 0 Å². The zero-order valence-electron chi connectivity index (χ0n) is 11.3. The highest BCUT2D eigenvalue weighted by Gasteiger charge is 2.29. The van der Waals surface area contributed by atoms with Crippen molar-refractivity contribution < 1.29 is 9.90 Å². The van der Waals surface area contributed by atoms with Crippen molar-refractivity contribution in [3.05, 3.63) is 59.4 Å². The summed E-state index contributed by atoms with van der Waals surface area (Å²) in [6, 6.07) is 9.19. The van der Waals surface area contributed by atoms with E-state index in [4.69, 9.17) is 0 Å². The lowest BCUT2D eigenvalue weighted by Crippen LogP contribution is -2.37. The fraction of sp³-hybridized carbons (Fsp3) is 0.250. The number of fused-ring (bicyclic) bond motifs is 1. The van der Waals surface area contributed by atoms with E-state index in [-0.39, 0.29) is 5.91 Å². The molecule has 1 N–H and O–H groups in total. The van der Waals surface area contributed by atoms with Crippen molar-refractivity contribution in [1.82, 2.24) is 4.98 Å². The van der Waals surface area contributed by atoms with Gasteiger partial charge in [0.05, 0.1) is 11.8 Å². The molecule has 0 aliphatic carbocycles. The van der Waals surface area contributed by atoms with Gasteiger partial charge in [-0.25, -0.2) is 0 Å². The largest absolute Gasteiger partial charge is 0.388 e. The van der Waals surface area contributed by atoms with Gasteiger partial charge < -0.3 is 10.0 Å². The quantitative estimate of drug-likeness (QED) is 0.864. The van der Waals surface area contributed by atoms with Crippen LogP contribution in [0, 0.1) is 6.92 Å². The van der Waals surface area contributed by atoms with Crippen molar-refractivity contribution in [3.8, 4) is 0 Å². The van der Waals surface area contributed by atoms with Crippen molar-refractivity contribution in [2.75, 3.05) is 11.4 Å². The Morgan fingerprint density at radius 2 is 2.05 bits per heavy atom. The number of pyridine rings is 1. The Hall–Kier alpha value is -2.20. The van der Waals surface area contributed by atoms with E-state index in [0.29, 0.717) is 18.5 Å². The van der Waals surface area contributed by atoms with Crippen molar-refractivity contribution in [2.24, 2.45) is 0 Å². The summed E-state index contributed by atoms with van der Waals surface area (Å²) in [6.45, 7) is 2.49. The summed E-state index contributed by atoms with van der Waals surface area (Å²) in [6.07, 6.45) is 3.30. The van der Waals surface area contributed by atoms with Crippen molar-refractivity contribution in [3.63, 3.8) is 0 Å². The van der Waals surface area contributed by atoms with Crippen molar-refractivity contribution >= 4 is 11.6 Å². The Labute approximate surface area is 117 Å². The summed E-state index contributed by atoms with van der Waals surface area (Å²) in [5, 5.41) is 10.1. The maximum absolute atomic E-state index is 12.6. The van der Waals surface area contributed by atoms with Gasteiger partial charge in [-0.05, 0) is 31.0 Å². The number of benzene rings is 1. The molecule has 1 aliphatic heterocycles. The topological polar surface area (TPSA) is 53.4 Å². The Morgan fingerprint density at radius 1 is 1.30 bits per heavy atom. The summed E-state index contributed by atoms with van der Waals surface area (Å²) < 4.78 is 0. The minimum atomic E-state index is -0.494. The molecule has 3 rings (SSSR count). The number of hydrogen-bond acceptors (Lipinski definition) is 3. The van der Waals surface area contributed by atoms with Gasteiger partial charge in [0.25, 0.3) is 5.91 Å². The van der Waals surface area contributed by atoms with Crippen LogP contribution in [0.3, 0.4) is 0 Å². The zero-order chi connectivity index (χ0) is 14.1. The molecule has 4 heteroatoms. The molecule has 0 fully saturated rings. The molecule has 20 heavy (non-hydrogen) atoms. The second-order valence-corrected chi connectivity index (χ2v) is 5.01. The fourth-order valence-electron chi connectivity index (χ4n) is 2.69. The average molecular weight is 268 g/mol. The summed E-state index contributed by atoms with van der Waals surface area (Å²) >= 11 is 0. The molecular weight excluding hydrogens is 252 g/mol. The van der Waals surface area contributed by atoms with E-state index in [0.717, 1.165) is 16.8 Å². The van der Waals surface area contributed by atoms with Crippen LogP contribution in [-0.4, -0.2) is 22.5 Å². The van der Waals surface area contributed by atoms with Gasteiger partial charge in [-0.3, -0.25) is 9.78 Å². The highest BCUT2D eigenvalue weighted by molar-refractivity contribution is 6.07. The molecule has 1 amide bonds. The number of nitrogens with zero attached hydrogens (tertiary/aromatic N) is 2. The molecule has 0 saturated carbocycles. The number of aliphatic hydroxyl groups excluding tert-OH is 1. The number of anilines is 1. The molecule has 0 radical (unpaired) electrons. The second kappa shape index (κ2) is 5.06. The van der Waals surface area contributed by atoms with Crippen LogP contribution in [0.5, 0.6) is 0 Å². The van der Waals surface area contributed by atoms with Gasteiger partial charge in [-0.1, -0.05) is 18.2 Å². The first kappa shape index (κ1) is 12.8. The van der Waals surface area contributed by atoms with Crippen LogP contribution in [-0.2, 0) is 0 Å². The molecule has 102 valence electrons. The molecule has 0 bridgehead atoms. The van der Waals surface area contributed by atoms with Gasteiger partial charge in [0.2, 0.25) is 0 Å². The minimum Gasteiger partial charge on any atom is -0.388 e. The zero-order valence-corrected chi connectivity index (χ0v) is 11.3. The highest BCUT2D eigenvalue weighted by atomic mass is 16.3. The predicted molar refractivity (Wildman–Crippen MR) is 76.7 cm³/mol. The van der Waals surface area contributed by atoms with Gasteiger partial charge in [0.15, 0.2) is 0 Å². The van der Waals surface area contributed by atoms with Crippen molar-refractivity contribution in [2.45, 2.75) is 19.4 Å². The summed E-state index contributed by atoms with van der Waals surface area (Å²) in [5.41, 5.74) is 3.29. The predicted octanol–water partition coefficient (Wildman–Crippen LogP) is 2.47. The SMILES string of the molecule is Cc1cccc2c1N(C(=O)c1ccncc1)CCC2O. The van der Waals surface area contributed by atoms with Gasteiger partial charge >= 0.3 is 0 Å². The number of para-hydroxylation sites is 1. The van der Waals surface area contributed by atoms with Gasteiger partial charge in [-0.15, -0.1) is 0 Å². The minimum absolute atomic E-state index is 0.0464. The maximum atomic E-state index is 12.6. The smallest absolute Gasteiger partial charge is 0.258 e. The van der Waals surface area contributed by atoms with Crippen LogP contribution >= 0.6 is 0 Å². The lowest BCUT2D eigenvalue weighted by molar-refractivity contribution is 0.0970. The Bertz CT molecular complexity index is 640.